The van der Waals surface area contributed by atoms with Gasteiger partial charge in [-0.2, -0.15) is 5.26 Å². The molecule has 318 valence electrons. The molecule has 8 aliphatic carbocycles. The predicted octanol–water partition coefficient (Wildman–Crippen LogP) is 14.9. The van der Waals surface area contributed by atoms with Crippen molar-refractivity contribution in [2.75, 3.05) is 0 Å². The van der Waals surface area contributed by atoms with Crippen LogP contribution in [0.4, 0.5) is 0 Å². The van der Waals surface area contributed by atoms with Crippen molar-refractivity contribution < 1.29 is 4.42 Å². The molecule has 0 radical (unpaired) electrons. The van der Waals surface area contributed by atoms with Gasteiger partial charge in [0.25, 0.3) is 0 Å². The molecule has 8 aliphatic rings. The molecule has 5 heteroatoms. The number of hydrogen-bond donors (Lipinski definition) is 0. The fourth-order valence-electron chi connectivity index (χ4n) is 15.6. The van der Waals surface area contributed by atoms with Crippen LogP contribution in [0, 0.1) is 46.8 Å². The first kappa shape index (κ1) is 37.9. The SMILES string of the molecule is N#Cc1ccc2c(c1)oc1cccc(-c3cccc(-c4nc(-c5ccc(C67C[C@H]8C[C@@H](C6)C[C@@H](C7)C8)cc5)nc(-c5ccccc5-c5ccc(C67C[C@H]8C[C@@H](C6)C[C@@H](C7)C8)cc5)n4)c3)c12. The van der Waals surface area contributed by atoms with Crippen molar-refractivity contribution in [2.24, 2.45) is 35.5 Å². The molecule has 0 unspecified atom stereocenters. The highest BCUT2D eigenvalue weighted by Gasteiger charge is 2.52. The van der Waals surface area contributed by atoms with Gasteiger partial charge in [-0.3, -0.25) is 0 Å². The topological polar surface area (TPSA) is 75.6 Å². The molecule has 2 aromatic heterocycles. The zero-order valence-electron chi connectivity index (χ0n) is 36.8. The van der Waals surface area contributed by atoms with E-state index in [1.165, 1.54) is 88.2 Å². The third kappa shape index (κ3) is 6.20. The Morgan fingerprint density at radius 2 is 0.938 bits per heavy atom. The lowest BCUT2D eigenvalue weighted by Crippen LogP contribution is -2.48. The van der Waals surface area contributed by atoms with Crippen LogP contribution in [0.5, 0.6) is 0 Å². The monoisotopic (exact) mass is 844 g/mol. The van der Waals surface area contributed by atoms with Gasteiger partial charge in [-0.1, -0.05) is 103 Å². The van der Waals surface area contributed by atoms with Crippen molar-refractivity contribution in [3.05, 3.63) is 150 Å². The Bertz CT molecular complexity index is 3170. The molecule has 8 bridgehead atoms. The van der Waals surface area contributed by atoms with Gasteiger partial charge in [0.1, 0.15) is 11.2 Å². The molecular weight excluding hydrogens is 793 g/mol. The summed E-state index contributed by atoms with van der Waals surface area (Å²) in [7, 11) is 0. The minimum absolute atomic E-state index is 0.328. The van der Waals surface area contributed by atoms with Crippen LogP contribution in [0.25, 0.3) is 78.4 Å². The van der Waals surface area contributed by atoms with Crippen LogP contribution >= 0.6 is 0 Å². The number of aromatic nitrogens is 3. The van der Waals surface area contributed by atoms with E-state index in [-0.39, 0.29) is 0 Å². The Hall–Kier alpha value is -6.38. The van der Waals surface area contributed by atoms with Crippen LogP contribution in [0.2, 0.25) is 0 Å². The van der Waals surface area contributed by atoms with Gasteiger partial charge in [-0.05, 0) is 187 Å². The first-order valence-corrected chi connectivity index (χ1v) is 24.5. The first-order chi connectivity index (χ1) is 31.9. The molecule has 65 heavy (non-hydrogen) atoms. The summed E-state index contributed by atoms with van der Waals surface area (Å²) < 4.78 is 6.30. The van der Waals surface area contributed by atoms with E-state index >= 15 is 0 Å². The van der Waals surface area contributed by atoms with Crippen LogP contribution in [-0.4, -0.2) is 15.0 Å². The van der Waals surface area contributed by atoms with Gasteiger partial charge in [-0.25, -0.2) is 15.0 Å². The summed E-state index contributed by atoms with van der Waals surface area (Å²) in [5.74, 6) is 7.46. The van der Waals surface area contributed by atoms with Crippen molar-refractivity contribution in [2.45, 2.75) is 87.9 Å². The van der Waals surface area contributed by atoms with Gasteiger partial charge < -0.3 is 4.42 Å². The lowest BCUT2D eigenvalue weighted by Gasteiger charge is -2.57. The van der Waals surface area contributed by atoms with E-state index in [2.05, 4.69) is 109 Å². The van der Waals surface area contributed by atoms with E-state index in [0.717, 1.165) is 85.2 Å². The highest BCUT2D eigenvalue weighted by atomic mass is 16.3. The van der Waals surface area contributed by atoms with Crippen LogP contribution in [-0.2, 0) is 10.8 Å². The van der Waals surface area contributed by atoms with Gasteiger partial charge in [0.15, 0.2) is 17.5 Å². The van der Waals surface area contributed by atoms with Gasteiger partial charge in [0.2, 0.25) is 0 Å². The largest absolute Gasteiger partial charge is 0.456 e. The predicted molar refractivity (Wildman–Crippen MR) is 259 cm³/mol. The normalized spacial score (nSPS) is 28.3. The summed E-state index contributed by atoms with van der Waals surface area (Å²) in [6, 6.07) is 50.4. The summed E-state index contributed by atoms with van der Waals surface area (Å²) in [5, 5.41) is 11.6. The highest BCUT2D eigenvalue weighted by Crippen LogP contribution is 2.62. The summed E-state index contributed by atoms with van der Waals surface area (Å²) in [4.78, 5) is 16.0. The number of nitriles is 1. The summed E-state index contributed by atoms with van der Waals surface area (Å²) in [5.41, 5.74) is 13.2. The van der Waals surface area contributed by atoms with E-state index in [9.17, 15) is 5.26 Å². The second-order valence-electron chi connectivity index (χ2n) is 21.6. The maximum Gasteiger partial charge on any atom is 0.164 e. The lowest BCUT2D eigenvalue weighted by molar-refractivity contribution is -0.00530. The number of fused-ring (bicyclic) bond motifs is 3. The molecule has 16 rings (SSSR count). The molecule has 5 nitrogen and oxygen atoms in total. The summed E-state index contributed by atoms with van der Waals surface area (Å²) >= 11 is 0. The number of benzene rings is 6. The molecule has 0 atom stereocenters. The van der Waals surface area contributed by atoms with E-state index in [1.807, 2.05) is 30.3 Å². The average molecular weight is 845 g/mol. The number of hydrogen-bond acceptors (Lipinski definition) is 5. The molecule has 0 aliphatic heterocycles. The van der Waals surface area contributed by atoms with Gasteiger partial charge in [-0.15, -0.1) is 0 Å². The van der Waals surface area contributed by atoms with E-state index < -0.39 is 0 Å². The maximum atomic E-state index is 9.59. The van der Waals surface area contributed by atoms with Crippen LogP contribution in [0.1, 0.15) is 93.7 Å². The molecule has 0 N–H and O–H groups in total. The maximum absolute atomic E-state index is 9.59. The van der Waals surface area contributed by atoms with Crippen molar-refractivity contribution >= 4 is 21.9 Å². The van der Waals surface area contributed by atoms with Crippen molar-refractivity contribution in [3.8, 4) is 62.5 Å². The number of rotatable bonds is 7. The summed E-state index contributed by atoms with van der Waals surface area (Å²) in [6.07, 6.45) is 16.8. The lowest BCUT2D eigenvalue weighted by atomic mass is 9.48. The Morgan fingerprint density at radius 3 is 1.54 bits per heavy atom. The third-order valence-corrected chi connectivity index (χ3v) is 17.5. The number of furan rings is 1. The zero-order valence-corrected chi connectivity index (χ0v) is 36.8. The molecule has 8 saturated carbocycles. The minimum Gasteiger partial charge on any atom is -0.456 e. The van der Waals surface area contributed by atoms with Gasteiger partial charge in [0, 0.05) is 27.5 Å². The van der Waals surface area contributed by atoms with E-state index in [0.29, 0.717) is 39.4 Å². The minimum atomic E-state index is 0.328. The molecule has 0 spiro atoms. The second-order valence-corrected chi connectivity index (χ2v) is 21.6. The van der Waals surface area contributed by atoms with Crippen LogP contribution in [0.15, 0.2) is 138 Å². The fourth-order valence-corrected chi connectivity index (χ4v) is 15.6. The number of nitrogens with zero attached hydrogens (tertiary/aromatic N) is 4. The quantitative estimate of drug-likeness (QED) is 0.160. The van der Waals surface area contributed by atoms with Gasteiger partial charge in [0.05, 0.1) is 11.6 Å². The summed E-state index contributed by atoms with van der Waals surface area (Å²) in [6.45, 7) is 0. The molecule has 8 aromatic rings. The molecule has 6 aromatic carbocycles. The van der Waals surface area contributed by atoms with Crippen LogP contribution in [0.3, 0.4) is 0 Å². The smallest absolute Gasteiger partial charge is 0.164 e. The molecular formula is C60H52N4O. The Balaban J connectivity index is 0.874. The Morgan fingerprint density at radius 1 is 0.431 bits per heavy atom. The van der Waals surface area contributed by atoms with E-state index in [1.54, 1.807) is 5.56 Å². The van der Waals surface area contributed by atoms with Crippen molar-refractivity contribution in [1.29, 1.82) is 5.26 Å². The standard InChI is InChI=1S/C60H52N4O/c61-35-36-11-20-52-54(27-36)65-53-10-4-9-50(55(52)53)45-5-3-6-46(28-45)57-62-56(44-14-18-48(19-15-44)60-32-40-24-41(33-60)26-42(25-40)34-60)63-58(64-57)51-8-2-1-7-49(51)43-12-16-47(17-13-43)59-29-37-21-38(30-59)23-39(22-37)31-59/h1-20,27-28,37-42H,21-26,29-34H2/t37-,38+,39-,40-,41+,42-,59?,60?. The molecule has 0 saturated heterocycles. The zero-order chi connectivity index (χ0) is 42.9. The Labute approximate surface area is 381 Å². The van der Waals surface area contributed by atoms with Crippen molar-refractivity contribution in [1.82, 2.24) is 15.0 Å². The molecule has 8 fully saturated rings. The Kier molecular flexibility index (Phi) is 8.35. The van der Waals surface area contributed by atoms with Crippen LogP contribution < -0.4 is 0 Å². The molecule has 0 amide bonds. The van der Waals surface area contributed by atoms with Crippen molar-refractivity contribution in [3.63, 3.8) is 0 Å². The molecule has 2 heterocycles. The van der Waals surface area contributed by atoms with Gasteiger partial charge >= 0.3 is 0 Å². The first-order valence-electron chi connectivity index (χ1n) is 24.5. The average Bonchev–Trinajstić information content (AvgIpc) is 3.71. The second kappa shape index (κ2) is 14.3. The fraction of sp³-hybridized carbons (Fsp3) is 0.333. The van der Waals surface area contributed by atoms with E-state index in [4.69, 9.17) is 19.4 Å². The third-order valence-electron chi connectivity index (χ3n) is 17.5. The highest BCUT2D eigenvalue weighted by molar-refractivity contribution is 6.12.